The Hall–Kier alpha value is -0.822. The maximum absolute atomic E-state index is 13.6. The van der Waals surface area contributed by atoms with Gasteiger partial charge in [0.05, 0.1) is 0 Å². The molecule has 0 aromatic heterocycles. The SMILES string of the molecule is CC(C)(C)OC(=O)CCc1cccc([As])c1F. The Morgan fingerprint density at radius 1 is 1.41 bits per heavy atom. The van der Waals surface area contributed by atoms with Crippen LogP contribution < -0.4 is 4.35 Å². The molecule has 0 saturated heterocycles. The van der Waals surface area contributed by atoms with E-state index in [1.807, 2.05) is 20.8 Å². The van der Waals surface area contributed by atoms with Crippen molar-refractivity contribution >= 4 is 27.2 Å². The van der Waals surface area contributed by atoms with E-state index in [1.54, 1.807) is 18.2 Å². The molecule has 0 bridgehead atoms. The van der Waals surface area contributed by atoms with Crippen LogP contribution in [0.4, 0.5) is 4.39 Å². The average Bonchev–Trinajstić information content (AvgIpc) is 2.18. The van der Waals surface area contributed by atoms with Gasteiger partial charge < -0.3 is 0 Å². The van der Waals surface area contributed by atoms with E-state index in [0.717, 1.165) is 0 Å². The van der Waals surface area contributed by atoms with Crippen molar-refractivity contribution in [3.63, 3.8) is 0 Å². The van der Waals surface area contributed by atoms with E-state index in [2.05, 4.69) is 16.9 Å². The van der Waals surface area contributed by atoms with E-state index in [-0.39, 0.29) is 18.2 Å². The molecule has 1 aromatic rings. The van der Waals surface area contributed by atoms with Gasteiger partial charge in [0.2, 0.25) is 0 Å². The number of hydrogen-bond acceptors (Lipinski definition) is 2. The number of hydrogen-bond donors (Lipinski definition) is 0. The van der Waals surface area contributed by atoms with Crippen molar-refractivity contribution in [1.29, 1.82) is 0 Å². The molecule has 0 aliphatic carbocycles. The summed E-state index contributed by atoms with van der Waals surface area (Å²) < 4.78 is 19.3. The van der Waals surface area contributed by atoms with E-state index in [1.165, 1.54) is 0 Å². The summed E-state index contributed by atoms with van der Waals surface area (Å²) in [5.74, 6) is -0.552. The first-order chi connectivity index (χ1) is 7.79. The fourth-order valence-electron chi connectivity index (χ4n) is 1.39. The van der Waals surface area contributed by atoms with Crippen molar-refractivity contribution in [3.05, 3.63) is 29.6 Å². The number of carbonyl (C=O) groups excluding carboxylic acids is 1. The third kappa shape index (κ3) is 4.91. The fraction of sp³-hybridized carbons (Fsp3) is 0.462. The Kier molecular flexibility index (Phi) is 4.76. The van der Waals surface area contributed by atoms with Crippen molar-refractivity contribution in [2.24, 2.45) is 0 Å². The van der Waals surface area contributed by atoms with Crippen LogP contribution in [0, 0.1) is 5.82 Å². The number of benzene rings is 1. The molecule has 0 atom stereocenters. The molecule has 17 heavy (non-hydrogen) atoms. The van der Waals surface area contributed by atoms with Crippen LogP contribution in [0.15, 0.2) is 18.2 Å². The van der Waals surface area contributed by atoms with Gasteiger partial charge in [-0.1, -0.05) is 0 Å². The minimum atomic E-state index is -0.487. The van der Waals surface area contributed by atoms with Gasteiger partial charge in [0.15, 0.2) is 0 Å². The average molecular weight is 298 g/mol. The van der Waals surface area contributed by atoms with Crippen molar-refractivity contribution in [2.75, 3.05) is 0 Å². The van der Waals surface area contributed by atoms with Crippen LogP contribution in [0.5, 0.6) is 0 Å². The third-order valence-corrected chi connectivity index (χ3v) is 2.80. The molecule has 1 rings (SSSR count). The topological polar surface area (TPSA) is 26.3 Å². The van der Waals surface area contributed by atoms with Crippen molar-refractivity contribution in [1.82, 2.24) is 0 Å². The van der Waals surface area contributed by atoms with E-state index in [9.17, 15) is 9.18 Å². The maximum atomic E-state index is 13.6. The molecule has 0 saturated carbocycles. The summed E-state index contributed by atoms with van der Waals surface area (Å²) in [7, 11) is 0. The molecular weight excluding hydrogens is 282 g/mol. The van der Waals surface area contributed by atoms with E-state index >= 15 is 0 Å². The van der Waals surface area contributed by atoms with E-state index in [0.29, 0.717) is 16.3 Å². The summed E-state index contributed by atoms with van der Waals surface area (Å²) in [6.45, 7) is 5.45. The molecule has 1 aromatic carbocycles. The quantitative estimate of drug-likeness (QED) is 0.629. The molecule has 0 fully saturated rings. The van der Waals surface area contributed by atoms with Gasteiger partial charge in [-0.2, -0.15) is 0 Å². The molecule has 0 unspecified atom stereocenters. The first-order valence-corrected chi connectivity index (χ1v) is 6.41. The molecule has 4 heteroatoms. The van der Waals surface area contributed by atoms with Crippen LogP contribution in [0.1, 0.15) is 32.8 Å². The number of ether oxygens (including phenoxy) is 1. The van der Waals surface area contributed by atoms with Crippen LogP contribution in [0.2, 0.25) is 0 Å². The zero-order chi connectivity index (χ0) is 13.1. The van der Waals surface area contributed by atoms with E-state index < -0.39 is 5.60 Å². The summed E-state index contributed by atoms with van der Waals surface area (Å²) in [6, 6.07) is 5.16. The molecule has 2 radical (unpaired) electrons. The first-order valence-electron chi connectivity index (χ1n) is 5.48. The number of aryl methyl sites for hydroxylation is 1. The number of esters is 1. The summed E-state index contributed by atoms with van der Waals surface area (Å²) in [6.07, 6.45) is 0.566. The van der Waals surface area contributed by atoms with Gasteiger partial charge in [-0.15, -0.1) is 0 Å². The second kappa shape index (κ2) is 5.68. The number of carbonyl (C=O) groups is 1. The predicted molar refractivity (Wildman–Crippen MR) is 66.0 cm³/mol. The third-order valence-electron chi connectivity index (χ3n) is 2.08. The zero-order valence-corrected chi connectivity index (χ0v) is 12.2. The second-order valence-electron chi connectivity index (χ2n) is 4.84. The van der Waals surface area contributed by atoms with Gasteiger partial charge in [0.1, 0.15) is 0 Å². The molecular formula is C13H16AsFO2. The van der Waals surface area contributed by atoms with Gasteiger partial charge in [0, 0.05) is 0 Å². The molecule has 0 heterocycles. The molecule has 2 nitrogen and oxygen atoms in total. The zero-order valence-electron chi connectivity index (χ0n) is 10.3. The predicted octanol–water partition coefficient (Wildman–Crippen LogP) is 1.89. The summed E-state index contributed by atoms with van der Waals surface area (Å²) in [5.41, 5.74) is 0.0630. The fourth-order valence-corrected chi connectivity index (χ4v) is 1.87. The Balaban J connectivity index is 2.56. The Labute approximate surface area is 110 Å². The standard InChI is InChI=1S/C13H16AsFO2/c1-13(2,3)17-11(16)8-7-9-5-4-6-10(14)12(9)15/h4-6H,7-8H2,1-3H3. The second-order valence-corrected chi connectivity index (χ2v) is 5.85. The van der Waals surface area contributed by atoms with Gasteiger partial charge in [-0.3, -0.25) is 0 Å². The van der Waals surface area contributed by atoms with Crippen LogP contribution in [0.25, 0.3) is 0 Å². The van der Waals surface area contributed by atoms with Gasteiger partial charge >= 0.3 is 110 Å². The molecule has 0 amide bonds. The van der Waals surface area contributed by atoms with Crippen LogP contribution in [-0.4, -0.2) is 28.4 Å². The summed E-state index contributed by atoms with van der Waals surface area (Å²) in [5, 5.41) is 0. The van der Waals surface area contributed by atoms with Crippen LogP contribution in [0.3, 0.4) is 0 Å². The molecule has 0 N–H and O–H groups in total. The first kappa shape index (κ1) is 14.2. The Bertz CT molecular complexity index is 410. The van der Waals surface area contributed by atoms with Crippen LogP contribution in [-0.2, 0) is 16.0 Å². The molecule has 0 aliphatic heterocycles. The normalized spacial score (nSPS) is 11.4. The van der Waals surface area contributed by atoms with Gasteiger partial charge in [-0.05, 0) is 0 Å². The number of rotatable bonds is 3. The van der Waals surface area contributed by atoms with Crippen molar-refractivity contribution < 1.29 is 13.9 Å². The Morgan fingerprint density at radius 2 is 2.06 bits per heavy atom. The monoisotopic (exact) mass is 298 g/mol. The minimum absolute atomic E-state index is 0.199. The Morgan fingerprint density at radius 3 is 2.65 bits per heavy atom. The van der Waals surface area contributed by atoms with Crippen LogP contribution >= 0.6 is 0 Å². The van der Waals surface area contributed by atoms with Crippen molar-refractivity contribution in [2.45, 2.75) is 39.2 Å². The molecule has 92 valence electrons. The molecule has 0 aliphatic rings. The van der Waals surface area contributed by atoms with Gasteiger partial charge in [0.25, 0.3) is 0 Å². The number of halogens is 1. The van der Waals surface area contributed by atoms with Gasteiger partial charge in [-0.25, -0.2) is 0 Å². The summed E-state index contributed by atoms with van der Waals surface area (Å²) >= 11 is 2.18. The van der Waals surface area contributed by atoms with Crippen molar-refractivity contribution in [3.8, 4) is 0 Å². The summed E-state index contributed by atoms with van der Waals surface area (Å²) in [4.78, 5) is 11.5. The molecule has 0 spiro atoms. The van der Waals surface area contributed by atoms with E-state index in [4.69, 9.17) is 4.74 Å².